The maximum absolute atomic E-state index is 13.4. The number of hydrogen-bond donors (Lipinski definition) is 1. The summed E-state index contributed by atoms with van der Waals surface area (Å²) in [7, 11) is 0. The van der Waals surface area contributed by atoms with Gasteiger partial charge in [0.2, 0.25) is 0 Å². The molecular formula is C13H18ClFN2OS. The lowest BCUT2D eigenvalue weighted by molar-refractivity contribution is 0.0708. The molecule has 106 valence electrons. The quantitative estimate of drug-likeness (QED) is 0.852. The summed E-state index contributed by atoms with van der Waals surface area (Å²) in [6.07, 6.45) is 1.81. The first-order valence-corrected chi connectivity index (χ1v) is 7.20. The first-order valence-electron chi connectivity index (χ1n) is 5.98. The van der Waals surface area contributed by atoms with Crippen LogP contribution in [-0.2, 0) is 0 Å². The van der Waals surface area contributed by atoms with Crippen molar-refractivity contribution < 1.29 is 9.18 Å². The molecule has 0 bridgehead atoms. The molecule has 1 amide bonds. The summed E-state index contributed by atoms with van der Waals surface area (Å²) in [4.78, 5) is 14.6. The molecule has 1 heterocycles. The number of halogens is 2. The van der Waals surface area contributed by atoms with Crippen molar-refractivity contribution >= 4 is 30.1 Å². The number of benzene rings is 1. The lowest BCUT2D eigenvalue weighted by Gasteiger charge is -2.32. The van der Waals surface area contributed by atoms with Crippen LogP contribution in [0.2, 0.25) is 0 Å². The van der Waals surface area contributed by atoms with Crippen molar-refractivity contribution in [3.63, 3.8) is 0 Å². The van der Waals surface area contributed by atoms with Gasteiger partial charge in [0.15, 0.2) is 0 Å². The van der Waals surface area contributed by atoms with Gasteiger partial charge >= 0.3 is 0 Å². The van der Waals surface area contributed by atoms with Gasteiger partial charge in [-0.25, -0.2) is 4.39 Å². The Morgan fingerprint density at radius 3 is 2.89 bits per heavy atom. The summed E-state index contributed by atoms with van der Waals surface area (Å²) in [5.41, 5.74) is 0.565. The third-order valence-electron chi connectivity index (χ3n) is 3.05. The summed E-state index contributed by atoms with van der Waals surface area (Å²) in [6.45, 7) is 4.26. The predicted molar refractivity (Wildman–Crippen MR) is 78.8 cm³/mol. The fourth-order valence-electron chi connectivity index (χ4n) is 2.09. The Balaban J connectivity index is 0.00000180. The number of amides is 1. The van der Waals surface area contributed by atoms with Gasteiger partial charge in [-0.1, -0.05) is 0 Å². The van der Waals surface area contributed by atoms with E-state index >= 15 is 0 Å². The minimum atomic E-state index is -0.271. The molecule has 0 radical (unpaired) electrons. The Labute approximate surface area is 123 Å². The highest BCUT2D eigenvalue weighted by atomic mass is 35.5. The second-order valence-corrected chi connectivity index (χ2v) is 5.30. The van der Waals surface area contributed by atoms with Crippen LogP contribution < -0.4 is 5.32 Å². The molecule has 0 saturated carbocycles. The Bertz CT molecular complexity index is 458. The predicted octanol–water partition coefficient (Wildman–Crippen LogP) is 2.40. The first-order chi connectivity index (χ1) is 8.61. The van der Waals surface area contributed by atoms with Crippen LogP contribution in [0.15, 0.2) is 23.1 Å². The van der Waals surface area contributed by atoms with Crippen molar-refractivity contribution in [2.24, 2.45) is 0 Å². The number of carbonyl (C=O) groups excluding carboxylic acids is 1. The van der Waals surface area contributed by atoms with Crippen molar-refractivity contribution in [1.82, 2.24) is 10.2 Å². The third kappa shape index (κ3) is 3.84. The van der Waals surface area contributed by atoms with Gasteiger partial charge in [-0.3, -0.25) is 4.79 Å². The molecule has 1 aromatic rings. The van der Waals surface area contributed by atoms with Crippen LogP contribution >= 0.6 is 24.2 Å². The van der Waals surface area contributed by atoms with Gasteiger partial charge in [0.25, 0.3) is 5.91 Å². The highest BCUT2D eigenvalue weighted by Crippen LogP contribution is 2.21. The molecule has 1 N–H and O–H groups in total. The smallest absolute Gasteiger partial charge is 0.253 e. The van der Waals surface area contributed by atoms with E-state index in [0.29, 0.717) is 29.6 Å². The number of thioether (sulfide) groups is 1. The highest BCUT2D eigenvalue weighted by molar-refractivity contribution is 7.98. The Hall–Kier alpha value is -0.780. The maximum atomic E-state index is 13.4. The van der Waals surface area contributed by atoms with Crippen LogP contribution in [0.4, 0.5) is 4.39 Å². The van der Waals surface area contributed by atoms with Crippen LogP contribution in [0.5, 0.6) is 0 Å². The Morgan fingerprint density at radius 2 is 2.26 bits per heavy atom. The van der Waals surface area contributed by atoms with E-state index in [0.717, 1.165) is 6.54 Å². The summed E-state index contributed by atoms with van der Waals surface area (Å²) >= 11 is 1.32. The average Bonchev–Trinajstić information content (AvgIpc) is 2.38. The molecule has 3 nitrogen and oxygen atoms in total. The zero-order valence-electron chi connectivity index (χ0n) is 11.0. The van der Waals surface area contributed by atoms with E-state index in [1.807, 2.05) is 4.90 Å². The van der Waals surface area contributed by atoms with E-state index in [1.54, 1.807) is 18.4 Å². The van der Waals surface area contributed by atoms with Crippen molar-refractivity contribution in [2.75, 3.05) is 25.9 Å². The molecule has 0 aromatic heterocycles. The normalized spacial score (nSPS) is 18.9. The molecule has 1 aromatic carbocycles. The minimum absolute atomic E-state index is 0. The van der Waals surface area contributed by atoms with Crippen LogP contribution in [0.25, 0.3) is 0 Å². The van der Waals surface area contributed by atoms with Gasteiger partial charge in [-0.15, -0.1) is 24.2 Å². The molecule has 2 rings (SSSR count). The second kappa shape index (κ2) is 7.12. The monoisotopic (exact) mass is 304 g/mol. The molecule has 6 heteroatoms. The standard InChI is InChI=1S/C13H17FN2OS.ClH/c1-9-8-16(6-5-15-9)13(17)10-3-4-11(14)12(7-10)18-2;/h3-4,7,9,15H,5-6,8H2,1-2H3;1H/t9-;/m1./s1. The van der Waals surface area contributed by atoms with Gasteiger partial charge in [0, 0.05) is 36.1 Å². The maximum Gasteiger partial charge on any atom is 0.253 e. The largest absolute Gasteiger partial charge is 0.336 e. The zero-order valence-corrected chi connectivity index (χ0v) is 12.6. The van der Waals surface area contributed by atoms with Crippen molar-refractivity contribution in [3.05, 3.63) is 29.6 Å². The SMILES string of the molecule is CSc1cc(C(=O)N2CCN[C@H](C)C2)ccc1F.Cl. The van der Waals surface area contributed by atoms with Crippen molar-refractivity contribution in [2.45, 2.75) is 17.9 Å². The molecule has 0 unspecified atom stereocenters. The minimum Gasteiger partial charge on any atom is -0.336 e. The number of nitrogens with zero attached hydrogens (tertiary/aromatic N) is 1. The van der Waals surface area contributed by atoms with Gasteiger partial charge in [-0.05, 0) is 31.4 Å². The van der Waals surface area contributed by atoms with Crippen LogP contribution in [0, 0.1) is 5.82 Å². The number of rotatable bonds is 2. The number of piperazine rings is 1. The number of nitrogens with one attached hydrogen (secondary N) is 1. The zero-order chi connectivity index (χ0) is 13.1. The van der Waals surface area contributed by atoms with Gasteiger partial charge in [0.05, 0.1) is 0 Å². The average molecular weight is 305 g/mol. The summed E-state index contributed by atoms with van der Waals surface area (Å²) < 4.78 is 13.4. The van der Waals surface area contributed by atoms with Crippen molar-refractivity contribution in [3.8, 4) is 0 Å². The number of carbonyl (C=O) groups is 1. The Kier molecular flexibility index (Phi) is 6.10. The van der Waals surface area contributed by atoms with Crippen LogP contribution in [0.1, 0.15) is 17.3 Å². The molecule has 1 saturated heterocycles. The molecule has 0 aliphatic carbocycles. The van der Waals surface area contributed by atoms with Crippen LogP contribution in [-0.4, -0.2) is 42.7 Å². The second-order valence-electron chi connectivity index (χ2n) is 4.46. The van der Waals surface area contributed by atoms with E-state index in [9.17, 15) is 9.18 Å². The van der Waals surface area contributed by atoms with Gasteiger partial charge < -0.3 is 10.2 Å². The highest BCUT2D eigenvalue weighted by Gasteiger charge is 2.22. The van der Waals surface area contributed by atoms with Gasteiger partial charge in [-0.2, -0.15) is 0 Å². The summed E-state index contributed by atoms with van der Waals surface area (Å²) in [6, 6.07) is 4.87. The molecular weight excluding hydrogens is 287 g/mol. The number of hydrogen-bond acceptors (Lipinski definition) is 3. The van der Waals surface area contributed by atoms with Crippen LogP contribution in [0.3, 0.4) is 0 Å². The van der Waals surface area contributed by atoms with Crippen molar-refractivity contribution in [1.29, 1.82) is 0 Å². The van der Waals surface area contributed by atoms with E-state index in [2.05, 4.69) is 12.2 Å². The van der Waals surface area contributed by atoms with E-state index in [1.165, 1.54) is 17.8 Å². The topological polar surface area (TPSA) is 32.3 Å². The molecule has 1 atom stereocenters. The summed E-state index contributed by atoms with van der Waals surface area (Å²) in [5, 5.41) is 3.29. The van der Waals surface area contributed by atoms with E-state index in [4.69, 9.17) is 0 Å². The molecule has 0 spiro atoms. The molecule has 1 aliphatic heterocycles. The third-order valence-corrected chi connectivity index (χ3v) is 3.81. The van der Waals surface area contributed by atoms with E-state index in [-0.39, 0.29) is 24.1 Å². The lowest BCUT2D eigenvalue weighted by Crippen LogP contribution is -2.51. The summed E-state index contributed by atoms with van der Waals surface area (Å²) in [5.74, 6) is -0.286. The lowest BCUT2D eigenvalue weighted by atomic mass is 10.1. The molecule has 19 heavy (non-hydrogen) atoms. The fourth-order valence-corrected chi connectivity index (χ4v) is 2.60. The fraction of sp³-hybridized carbons (Fsp3) is 0.462. The van der Waals surface area contributed by atoms with Gasteiger partial charge in [0.1, 0.15) is 5.82 Å². The molecule has 1 fully saturated rings. The molecule has 1 aliphatic rings. The Morgan fingerprint density at radius 1 is 1.53 bits per heavy atom. The first kappa shape index (κ1) is 16.3. The van der Waals surface area contributed by atoms with E-state index < -0.39 is 0 Å².